The van der Waals surface area contributed by atoms with Gasteiger partial charge in [0.25, 0.3) is 5.91 Å². The number of hydrogen-bond donors (Lipinski definition) is 2. The third-order valence-corrected chi connectivity index (χ3v) is 5.35. The predicted octanol–water partition coefficient (Wildman–Crippen LogP) is 3.00. The van der Waals surface area contributed by atoms with Gasteiger partial charge in [-0.05, 0) is 54.5 Å². The van der Waals surface area contributed by atoms with Crippen molar-refractivity contribution in [1.82, 2.24) is 4.90 Å². The lowest BCUT2D eigenvalue weighted by Gasteiger charge is -2.32. The zero-order valence-electron chi connectivity index (χ0n) is 16.4. The van der Waals surface area contributed by atoms with E-state index in [1.165, 1.54) is 11.1 Å². The number of likely N-dealkylation sites (tertiary alicyclic amines) is 1. The van der Waals surface area contributed by atoms with Crippen LogP contribution in [0.25, 0.3) is 0 Å². The minimum Gasteiger partial charge on any atom is -0.491 e. The summed E-state index contributed by atoms with van der Waals surface area (Å²) in [6.07, 6.45) is 2.05. The maximum absolute atomic E-state index is 12.9. The minimum absolute atomic E-state index is 0.00361. The summed E-state index contributed by atoms with van der Waals surface area (Å²) in [6.45, 7) is 3.30. The van der Waals surface area contributed by atoms with Crippen LogP contribution in [0.1, 0.15) is 47.2 Å². The quantitative estimate of drug-likeness (QED) is 0.771. The van der Waals surface area contributed by atoms with Crippen LogP contribution in [0.5, 0.6) is 5.75 Å². The summed E-state index contributed by atoms with van der Waals surface area (Å²) in [5.41, 5.74) is 3.32. The molecule has 0 aliphatic carbocycles. The van der Waals surface area contributed by atoms with Crippen LogP contribution >= 0.6 is 0 Å². The zero-order chi connectivity index (χ0) is 19.9. The van der Waals surface area contributed by atoms with Gasteiger partial charge in [0.15, 0.2) is 0 Å². The standard InChI is InChI=1S/C23H29NO4/c1-2-17-5-3-6-19(13-17)18-9-11-24(12-10-18)23(27)20-7-4-8-22(14-20)28-16-21(26)15-25/h3-8,13-14,18,21,25-26H,2,9-12,15-16H2,1H3. The van der Waals surface area contributed by atoms with E-state index >= 15 is 0 Å². The van der Waals surface area contributed by atoms with Crippen molar-refractivity contribution in [1.29, 1.82) is 0 Å². The van der Waals surface area contributed by atoms with E-state index in [1.54, 1.807) is 24.3 Å². The van der Waals surface area contributed by atoms with Gasteiger partial charge in [0.1, 0.15) is 18.5 Å². The Morgan fingerprint density at radius 3 is 2.64 bits per heavy atom. The molecule has 0 radical (unpaired) electrons. The molecule has 5 heteroatoms. The van der Waals surface area contributed by atoms with Gasteiger partial charge in [0, 0.05) is 18.7 Å². The van der Waals surface area contributed by atoms with Gasteiger partial charge in [0.2, 0.25) is 0 Å². The van der Waals surface area contributed by atoms with Crippen molar-refractivity contribution in [3.8, 4) is 5.75 Å². The summed E-state index contributed by atoms with van der Waals surface area (Å²) in [4.78, 5) is 14.8. The number of ether oxygens (including phenoxy) is 1. The molecule has 2 N–H and O–H groups in total. The Morgan fingerprint density at radius 1 is 1.18 bits per heavy atom. The number of nitrogens with zero attached hydrogens (tertiary/aromatic N) is 1. The van der Waals surface area contributed by atoms with Crippen LogP contribution in [0.3, 0.4) is 0 Å². The molecule has 150 valence electrons. The van der Waals surface area contributed by atoms with Gasteiger partial charge < -0.3 is 19.8 Å². The fraction of sp³-hybridized carbons (Fsp3) is 0.435. The summed E-state index contributed by atoms with van der Waals surface area (Å²) in [6, 6.07) is 15.8. The van der Waals surface area contributed by atoms with E-state index in [-0.39, 0.29) is 19.1 Å². The molecule has 0 saturated carbocycles. The van der Waals surface area contributed by atoms with Crippen LogP contribution in [0.4, 0.5) is 0 Å². The van der Waals surface area contributed by atoms with E-state index in [0.29, 0.717) is 17.2 Å². The summed E-state index contributed by atoms with van der Waals surface area (Å²) < 4.78 is 5.45. The zero-order valence-corrected chi connectivity index (χ0v) is 16.4. The van der Waals surface area contributed by atoms with Crippen molar-refractivity contribution >= 4 is 5.91 Å². The molecule has 3 rings (SSSR count). The highest BCUT2D eigenvalue weighted by atomic mass is 16.5. The monoisotopic (exact) mass is 383 g/mol. The minimum atomic E-state index is -0.926. The lowest BCUT2D eigenvalue weighted by molar-refractivity contribution is 0.0535. The van der Waals surface area contributed by atoms with Crippen molar-refractivity contribution in [2.45, 2.75) is 38.2 Å². The molecule has 1 unspecified atom stereocenters. The normalized spacial score (nSPS) is 16.0. The molecule has 2 aromatic rings. The number of piperidine rings is 1. The molecule has 1 fully saturated rings. The van der Waals surface area contributed by atoms with E-state index in [9.17, 15) is 9.90 Å². The summed E-state index contributed by atoms with van der Waals surface area (Å²) in [5.74, 6) is 1.03. The molecule has 0 aromatic heterocycles. The van der Waals surface area contributed by atoms with Gasteiger partial charge in [-0.3, -0.25) is 4.79 Å². The van der Waals surface area contributed by atoms with E-state index in [1.807, 2.05) is 4.90 Å². The number of aliphatic hydroxyl groups is 2. The summed E-state index contributed by atoms with van der Waals surface area (Å²) in [7, 11) is 0. The highest BCUT2D eigenvalue weighted by Crippen LogP contribution is 2.29. The third-order valence-electron chi connectivity index (χ3n) is 5.35. The second-order valence-corrected chi connectivity index (χ2v) is 7.34. The van der Waals surface area contributed by atoms with E-state index in [2.05, 4.69) is 31.2 Å². The van der Waals surface area contributed by atoms with Gasteiger partial charge in [-0.1, -0.05) is 37.3 Å². The molecule has 0 bridgehead atoms. The molecule has 1 atom stereocenters. The first-order valence-electron chi connectivity index (χ1n) is 10.0. The lowest BCUT2D eigenvalue weighted by atomic mass is 9.88. The molecular weight excluding hydrogens is 354 g/mol. The second-order valence-electron chi connectivity index (χ2n) is 7.34. The highest BCUT2D eigenvalue weighted by molar-refractivity contribution is 5.94. The van der Waals surface area contributed by atoms with Crippen LogP contribution in [-0.4, -0.2) is 53.4 Å². The van der Waals surface area contributed by atoms with E-state index in [0.717, 1.165) is 32.4 Å². The average Bonchev–Trinajstić information content (AvgIpc) is 2.77. The lowest BCUT2D eigenvalue weighted by Crippen LogP contribution is -2.37. The maximum atomic E-state index is 12.9. The fourth-order valence-electron chi connectivity index (χ4n) is 3.63. The molecule has 0 spiro atoms. The first kappa shape index (κ1) is 20.4. The van der Waals surface area contributed by atoms with Crippen molar-refractivity contribution < 1.29 is 19.7 Å². The molecule has 1 saturated heterocycles. The predicted molar refractivity (Wildman–Crippen MR) is 109 cm³/mol. The third kappa shape index (κ3) is 5.12. The average molecular weight is 383 g/mol. The van der Waals surface area contributed by atoms with Gasteiger partial charge in [-0.25, -0.2) is 0 Å². The second kappa shape index (κ2) is 9.71. The van der Waals surface area contributed by atoms with Gasteiger partial charge in [0.05, 0.1) is 6.61 Å². The smallest absolute Gasteiger partial charge is 0.253 e. The number of rotatable bonds is 7. The molecule has 1 amide bonds. The molecular formula is C23H29NO4. The number of aryl methyl sites for hydroxylation is 1. The first-order chi connectivity index (χ1) is 13.6. The van der Waals surface area contributed by atoms with Gasteiger partial charge in [-0.2, -0.15) is 0 Å². The number of benzene rings is 2. The van der Waals surface area contributed by atoms with Crippen LogP contribution in [0.2, 0.25) is 0 Å². The number of carbonyl (C=O) groups excluding carboxylic acids is 1. The van der Waals surface area contributed by atoms with Gasteiger partial charge in [-0.15, -0.1) is 0 Å². The Kier molecular flexibility index (Phi) is 7.06. The SMILES string of the molecule is CCc1cccc(C2CCN(C(=O)c3cccc(OCC(O)CO)c3)CC2)c1. The Bertz CT molecular complexity index is 784. The molecule has 1 aliphatic rings. The van der Waals surface area contributed by atoms with Crippen LogP contribution in [-0.2, 0) is 6.42 Å². The Hall–Kier alpha value is -2.37. The van der Waals surface area contributed by atoms with Crippen molar-refractivity contribution in [2.24, 2.45) is 0 Å². The first-order valence-corrected chi connectivity index (χ1v) is 10.0. The molecule has 28 heavy (non-hydrogen) atoms. The van der Waals surface area contributed by atoms with Crippen LogP contribution in [0, 0.1) is 0 Å². The Labute approximate surface area is 166 Å². The van der Waals surface area contributed by atoms with Crippen LogP contribution in [0.15, 0.2) is 48.5 Å². The van der Waals surface area contributed by atoms with Crippen molar-refractivity contribution in [3.63, 3.8) is 0 Å². The number of amides is 1. The number of carbonyl (C=O) groups is 1. The Morgan fingerprint density at radius 2 is 1.93 bits per heavy atom. The molecule has 5 nitrogen and oxygen atoms in total. The topological polar surface area (TPSA) is 70.0 Å². The van der Waals surface area contributed by atoms with E-state index in [4.69, 9.17) is 9.84 Å². The molecule has 1 aliphatic heterocycles. The van der Waals surface area contributed by atoms with Crippen molar-refractivity contribution in [3.05, 3.63) is 65.2 Å². The van der Waals surface area contributed by atoms with Crippen LogP contribution < -0.4 is 4.74 Å². The van der Waals surface area contributed by atoms with E-state index < -0.39 is 6.10 Å². The molecule has 2 aromatic carbocycles. The number of aliphatic hydroxyl groups excluding tert-OH is 2. The van der Waals surface area contributed by atoms with Crippen molar-refractivity contribution in [2.75, 3.05) is 26.3 Å². The fourth-order valence-corrected chi connectivity index (χ4v) is 3.63. The largest absolute Gasteiger partial charge is 0.491 e. The maximum Gasteiger partial charge on any atom is 0.253 e. The summed E-state index contributed by atoms with van der Waals surface area (Å²) in [5, 5.41) is 18.3. The Balaban J connectivity index is 1.59. The summed E-state index contributed by atoms with van der Waals surface area (Å²) >= 11 is 0. The highest BCUT2D eigenvalue weighted by Gasteiger charge is 2.25. The molecule has 1 heterocycles. The number of hydrogen-bond acceptors (Lipinski definition) is 4. The van der Waals surface area contributed by atoms with Gasteiger partial charge >= 0.3 is 0 Å².